The van der Waals surface area contributed by atoms with Gasteiger partial charge in [0, 0.05) is 26.2 Å². The van der Waals surface area contributed by atoms with Crippen LogP contribution in [0.15, 0.2) is 42.5 Å². The molecule has 4 nitrogen and oxygen atoms in total. The molecule has 0 spiro atoms. The zero-order valence-corrected chi connectivity index (χ0v) is 17.1. The van der Waals surface area contributed by atoms with Gasteiger partial charge in [-0.25, -0.2) is 0 Å². The van der Waals surface area contributed by atoms with Crippen LogP contribution in [0.5, 0.6) is 11.5 Å². The summed E-state index contributed by atoms with van der Waals surface area (Å²) in [6.07, 6.45) is 2.28. The Labute approximate surface area is 168 Å². The molecule has 0 amide bonds. The molecule has 2 aliphatic rings. The van der Waals surface area contributed by atoms with Crippen molar-refractivity contribution in [2.75, 3.05) is 39.3 Å². The predicted molar refractivity (Wildman–Crippen MR) is 113 cm³/mol. The van der Waals surface area contributed by atoms with Crippen LogP contribution in [-0.2, 0) is 6.42 Å². The topological polar surface area (TPSA) is 35.9 Å². The van der Waals surface area contributed by atoms with Gasteiger partial charge < -0.3 is 9.84 Å². The SMILES string of the molecule is CCC1CN(CCOc2ccc(C3c4ccc(O)cc4CCN3CC)cc2)C1. The first-order valence-electron chi connectivity index (χ1n) is 10.7. The molecule has 28 heavy (non-hydrogen) atoms. The number of hydrogen-bond donors (Lipinski definition) is 1. The van der Waals surface area contributed by atoms with E-state index in [-0.39, 0.29) is 6.04 Å². The molecule has 2 aliphatic heterocycles. The van der Waals surface area contributed by atoms with E-state index >= 15 is 0 Å². The molecule has 0 bridgehead atoms. The van der Waals surface area contributed by atoms with E-state index < -0.39 is 0 Å². The maximum atomic E-state index is 9.84. The molecule has 0 saturated carbocycles. The molecule has 2 aromatic rings. The van der Waals surface area contributed by atoms with Gasteiger partial charge in [-0.15, -0.1) is 0 Å². The average molecular weight is 381 g/mol. The first-order valence-corrected chi connectivity index (χ1v) is 10.7. The number of likely N-dealkylation sites (N-methyl/N-ethyl adjacent to an activating group) is 1. The fraction of sp³-hybridized carbons (Fsp3) is 0.500. The lowest BCUT2D eigenvalue weighted by Crippen LogP contribution is -2.47. The second kappa shape index (κ2) is 8.54. The fourth-order valence-electron chi connectivity index (χ4n) is 4.55. The van der Waals surface area contributed by atoms with E-state index in [4.69, 9.17) is 4.74 Å². The number of ether oxygens (including phenoxy) is 1. The van der Waals surface area contributed by atoms with Gasteiger partial charge in [0.2, 0.25) is 0 Å². The number of likely N-dealkylation sites (tertiary alicyclic amines) is 1. The molecule has 150 valence electrons. The van der Waals surface area contributed by atoms with E-state index in [2.05, 4.69) is 54.0 Å². The Morgan fingerprint density at radius 1 is 1.07 bits per heavy atom. The molecule has 1 N–H and O–H groups in total. The van der Waals surface area contributed by atoms with Crippen LogP contribution < -0.4 is 4.74 Å². The summed E-state index contributed by atoms with van der Waals surface area (Å²) in [4.78, 5) is 4.97. The largest absolute Gasteiger partial charge is 0.508 e. The zero-order valence-electron chi connectivity index (χ0n) is 17.1. The van der Waals surface area contributed by atoms with Crippen LogP contribution in [-0.4, -0.2) is 54.2 Å². The molecule has 1 unspecified atom stereocenters. The molecule has 0 radical (unpaired) electrons. The van der Waals surface area contributed by atoms with Crippen LogP contribution in [0.2, 0.25) is 0 Å². The van der Waals surface area contributed by atoms with Crippen molar-refractivity contribution in [3.63, 3.8) is 0 Å². The first-order chi connectivity index (χ1) is 13.7. The summed E-state index contributed by atoms with van der Waals surface area (Å²) in [7, 11) is 0. The molecule has 0 aliphatic carbocycles. The van der Waals surface area contributed by atoms with Gasteiger partial charge in [-0.05, 0) is 59.8 Å². The molecule has 2 heterocycles. The van der Waals surface area contributed by atoms with Crippen molar-refractivity contribution in [3.8, 4) is 11.5 Å². The Morgan fingerprint density at radius 2 is 1.86 bits per heavy atom. The van der Waals surface area contributed by atoms with Crippen molar-refractivity contribution in [2.45, 2.75) is 32.7 Å². The van der Waals surface area contributed by atoms with Crippen molar-refractivity contribution in [1.29, 1.82) is 0 Å². The van der Waals surface area contributed by atoms with Crippen LogP contribution in [0.25, 0.3) is 0 Å². The van der Waals surface area contributed by atoms with Crippen molar-refractivity contribution in [1.82, 2.24) is 9.80 Å². The molecular weight excluding hydrogens is 348 g/mol. The highest BCUT2D eigenvalue weighted by Gasteiger charge is 2.28. The van der Waals surface area contributed by atoms with E-state index in [1.165, 1.54) is 36.2 Å². The highest BCUT2D eigenvalue weighted by Crippen LogP contribution is 2.36. The Balaban J connectivity index is 1.41. The minimum atomic E-state index is 0.246. The number of phenolic OH excluding ortho intramolecular Hbond substituents is 1. The van der Waals surface area contributed by atoms with E-state index in [9.17, 15) is 5.11 Å². The zero-order chi connectivity index (χ0) is 19.5. The van der Waals surface area contributed by atoms with Gasteiger partial charge in [-0.3, -0.25) is 9.80 Å². The molecule has 4 rings (SSSR count). The third-order valence-electron chi connectivity index (χ3n) is 6.34. The molecule has 1 saturated heterocycles. The van der Waals surface area contributed by atoms with Gasteiger partial charge in [0.15, 0.2) is 0 Å². The second-order valence-electron chi connectivity index (χ2n) is 8.12. The van der Waals surface area contributed by atoms with E-state index in [1.807, 2.05) is 6.07 Å². The van der Waals surface area contributed by atoms with Gasteiger partial charge in [-0.2, -0.15) is 0 Å². The quantitative estimate of drug-likeness (QED) is 0.785. The minimum absolute atomic E-state index is 0.246. The molecule has 1 atom stereocenters. The second-order valence-corrected chi connectivity index (χ2v) is 8.12. The van der Waals surface area contributed by atoms with Gasteiger partial charge in [0.25, 0.3) is 0 Å². The van der Waals surface area contributed by atoms with Crippen LogP contribution in [0.4, 0.5) is 0 Å². The van der Waals surface area contributed by atoms with Crippen LogP contribution >= 0.6 is 0 Å². The Bertz CT molecular complexity index is 784. The Hall–Kier alpha value is -2.04. The number of phenols is 1. The Morgan fingerprint density at radius 3 is 2.57 bits per heavy atom. The highest BCUT2D eigenvalue weighted by atomic mass is 16.5. The van der Waals surface area contributed by atoms with Crippen molar-refractivity contribution < 1.29 is 9.84 Å². The lowest BCUT2D eigenvalue weighted by Gasteiger charge is -2.38. The van der Waals surface area contributed by atoms with Crippen molar-refractivity contribution >= 4 is 0 Å². The summed E-state index contributed by atoms with van der Waals surface area (Å²) in [5, 5.41) is 9.84. The monoisotopic (exact) mass is 380 g/mol. The molecule has 0 aromatic heterocycles. The summed E-state index contributed by atoms with van der Waals surface area (Å²) in [5.74, 6) is 2.20. The molecule has 1 fully saturated rings. The van der Waals surface area contributed by atoms with Gasteiger partial charge in [0.1, 0.15) is 18.1 Å². The minimum Gasteiger partial charge on any atom is -0.508 e. The summed E-state index contributed by atoms with van der Waals surface area (Å²) in [6, 6.07) is 14.6. The lowest BCUT2D eigenvalue weighted by atomic mass is 9.88. The standard InChI is InChI=1S/C24H32N2O2/c1-3-18-16-25(17-18)13-14-28-22-8-5-19(6-9-22)24-23-10-7-21(27)15-20(23)11-12-26(24)4-2/h5-10,15,18,24,27H,3-4,11-14,16-17H2,1-2H3. The fourth-order valence-corrected chi connectivity index (χ4v) is 4.55. The predicted octanol–water partition coefficient (Wildman–Crippen LogP) is 4.08. The maximum Gasteiger partial charge on any atom is 0.119 e. The van der Waals surface area contributed by atoms with Crippen molar-refractivity contribution in [3.05, 3.63) is 59.2 Å². The summed E-state index contributed by atoms with van der Waals surface area (Å²) >= 11 is 0. The molecule has 4 heteroatoms. The van der Waals surface area contributed by atoms with Crippen LogP contribution in [0.3, 0.4) is 0 Å². The van der Waals surface area contributed by atoms with E-state index in [0.29, 0.717) is 5.75 Å². The maximum absolute atomic E-state index is 9.84. The highest BCUT2D eigenvalue weighted by molar-refractivity contribution is 5.44. The number of benzene rings is 2. The number of fused-ring (bicyclic) bond motifs is 1. The third-order valence-corrected chi connectivity index (χ3v) is 6.34. The van der Waals surface area contributed by atoms with Crippen LogP contribution in [0.1, 0.15) is 43.0 Å². The average Bonchev–Trinajstić information content (AvgIpc) is 2.69. The van der Waals surface area contributed by atoms with Crippen molar-refractivity contribution in [2.24, 2.45) is 5.92 Å². The normalized spacial score (nSPS) is 20.6. The summed E-state index contributed by atoms with van der Waals surface area (Å²) < 4.78 is 5.97. The number of hydrogen-bond acceptors (Lipinski definition) is 4. The van der Waals surface area contributed by atoms with E-state index in [1.54, 1.807) is 6.07 Å². The van der Waals surface area contributed by atoms with Gasteiger partial charge in [-0.1, -0.05) is 38.5 Å². The number of rotatable bonds is 7. The molecular formula is C24H32N2O2. The number of aromatic hydroxyl groups is 1. The third kappa shape index (κ3) is 4.03. The van der Waals surface area contributed by atoms with Crippen LogP contribution in [0, 0.1) is 5.92 Å². The lowest BCUT2D eigenvalue weighted by molar-refractivity contribution is 0.0806. The Kier molecular flexibility index (Phi) is 5.88. The summed E-state index contributed by atoms with van der Waals surface area (Å²) in [6.45, 7) is 10.7. The first kappa shape index (κ1) is 19.3. The van der Waals surface area contributed by atoms with Gasteiger partial charge in [0.05, 0.1) is 6.04 Å². The smallest absolute Gasteiger partial charge is 0.119 e. The number of nitrogens with zero attached hydrogens (tertiary/aromatic N) is 2. The van der Waals surface area contributed by atoms with Gasteiger partial charge >= 0.3 is 0 Å². The molecule has 2 aromatic carbocycles. The summed E-state index contributed by atoms with van der Waals surface area (Å²) in [5.41, 5.74) is 3.85. The van der Waals surface area contributed by atoms with E-state index in [0.717, 1.165) is 44.3 Å².